The van der Waals surface area contributed by atoms with E-state index in [0.29, 0.717) is 6.54 Å². The zero-order chi connectivity index (χ0) is 13.8. The summed E-state index contributed by atoms with van der Waals surface area (Å²) < 4.78 is 0. The van der Waals surface area contributed by atoms with Crippen molar-refractivity contribution in [1.29, 1.82) is 0 Å². The fourth-order valence-corrected chi connectivity index (χ4v) is 2.35. The molecule has 1 fully saturated rings. The molecule has 2 rings (SSSR count). The van der Waals surface area contributed by atoms with Gasteiger partial charge in [-0.25, -0.2) is 4.79 Å². The molecule has 0 spiro atoms. The van der Waals surface area contributed by atoms with Crippen LogP contribution < -0.4 is 5.32 Å². The van der Waals surface area contributed by atoms with Gasteiger partial charge in [0.2, 0.25) is 11.8 Å². The average Bonchev–Trinajstić information content (AvgIpc) is 2.86. The highest BCUT2D eigenvalue weighted by molar-refractivity contribution is 7.09. The van der Waals surface area contributed by atoms with Crippen LogP contribution >= 0.6 is 11.3 Å². The van der Waals surface area contributed by atoms with E-state index in [4.69, 9.17) is 0 Å². The molecular weight excluding hydrogens is 266 g/mol. The van der Waals surface area contributed by atoms with Gasteiger partial charge in [-0.15, -0.1) is 11.3 Å². The molecule has 0 saturated carbocycles. The van der Waals surface area contributed by atoms with Crippen LogP contribution in [0.15, 0.2) is 22.5 Å². The molecular formula is C12H13N3O3S. The summed E-state index contributed by atoms with van der Waals surface area (Å²) in [6, 6.07) is 3.17. The van der Waals surface area contributed by atoms with Crippen LogP contribution in [0.3, 0.4) is 0 Å². The minimum Gasteiger partial charge on any atom is -0.291 e. The maximum Gasteiger partial charge on any atom is 0.330 e. The van der Waals surface area contributed by atoms with Crippen molar-refractivity contribution in [2.24, 2.45) is 10.9 Å². The number of carbonyl (C=O) groups excluding carboxylic acids is 3. The number of hydrogen-bond donors (Lipinski definition) is 1. The maximum absolute atomic E-state index is 11.9. The van der Waals surface area contributed by atoms with Crippen molar-refractivity contribution in [3.8, 4) is 0 Å². The van der Waals surface area contributed by atoms with E-state index >= 15 is 0 Å². The van der Waals surface area contributed by atoms with Crippen molar-refractivity contribution in [3.05, 3.63) is 22.4 Å². The monoisotopic (exact) mass is 279 g/mol. The largest absolute Gasteiger partial charge is 0.330 e. The van der Waals surface area contributed by atoms with Gasteiger partial charge in [0, 0.05) is 17.6 Å². The summed E-state index contributed by atoms with van der Waals surface area (Å²) >= 11 is 1.55. The van der Waals surface area contributed by atoms with Crippen LogP contribution in [0.2, 0.25) is 0 Å². The van der Waals surface area contributed by atoms with E-state index in [-0.39, 0.29) is 6.54 Å². The lowest BCUT2D eigenvalue weighted by Crippen LogP contribution is -2.58. The van der Waals surface area contributed by atoms with Gasteiger partial charge in [-0.3, -0.25) is 24.8 Å². The van der Waals surface area contributed by atoms with Crippen molar-refractivity contribution >= 4 is 35.4 Å². The Balaban J connectivity index is 2.05. The molecule has 0 aromatic carbocycles. The number of aliphatic imine (C=N–C) groups is 1. The molecule has 1 aromatic rings. The van der Waals surface area contributed by atoms with E-state index in [9.17, 15) is 14.4 Å². The lowest BCUT2D eigenvalue weighted by Gasteiger charge is -2.27. The van der Waals surface area contributed by atoms with E-state index in [0.717, 1.165) is 9.78 Å². The highest BCUT2D eigenvalue weighted by Gasteiger charge is 2.38. The minimum atomic E-state index is -1.02. The Bertz CT molecular complexity index is 524. The van der Waals surface area contributed by atoms with Crippen molar-refractivity contribution in [2.45, 2.75) is 13.5 Å². The van der Waals surface area contributed by atoms with Gasteiger partial charge in [0.1, 0.15) is 0 Å². The van der Waals surface area contributed by atoms with Gasteiger partial charge < -0.3 is 0 Å². The Kier molecular flexibility index (Phi) is 4.06. The molecule has 1 saturated heterocycles. The number of nitrogens with zero attached hydrogens (tertiary/aromatic N) is 2. The van der Waals surface area contributed by atoms with Crippen LogP contribution in [-0.2, 0) is 16.1 Å². The minimum absolute atomic E-state index is 0.229. The topological polar surface area (TPSA) is 78.8 Å². The number of nitrogens with one attached hydrogen (secondary N) is 1. The molecule has 0 aliphatic carbocycles. The zero-order valence-electron chi connectivity index (χ0n) is 10.3. The van der Waals surface area contributed by atoms with Crippen molar-refractivity contribution in [2.75, 3.05) is 6.54 Å². The third-order valence-corrected chi connectivity index (χ3v) is 3.55. The zero-order valence-corrected chi connectivity index (χ0v) is 11.1. The first-order valence-electron chi connectivity index (χ1n) is 5.82. The maximum atomic E-state index is 11.9. The second-order valence-electron chi connectivity index (χ2n) is 3.92. The highest BCUT2D eigenvalue weighted by atomic mass is 32.1. The number of urea groups is 1. The number of carbonyl (C=O) groups is 3. The Labute approximate surface area is 114 Å². The quantitative estimate of drug-likeness (QED) is 0.660. The molecule has 1 aliphatic rings. The van der Waals surface area contributed by atoms with Crippen LogP contribution in [0.4, 0.5) is 4.79 Å². The Morgan fingerprint density at radius 1 is 1.47 bits per heavy atom. The molecule has 1 aliphatic heterocycles. The third-order valence-electron chi connectivity index (χ3n) is 2.69. The lowest BCUT2D eigenvalue weighted by atomic mass is 10.1. The molecule has 1 aromatic heterocycles. The molecule has 100 valence electrons. The fourth-order valence-electron chi connectivity index (χ4n) is 1.71. The number of imide groups is 2. The summed E-state index contributed by atoms with van der Waals surface area (Å²) in [7, 11) is 0. The summed E-state index contributed by atoms with van der Waals surface area (Å²) in [5.41, 5.74) is 0. The standard InChI is InChI=1S/C12H13N3O3S/c1-2-15-11(17)9(10(16)14-12(15)18)7-13-6-8-4-3-5-19-8/h3-5,7,9H,2,6H2,1H3,(H,14,16,18)/t9-/m0/s1. The second-order valence-corrected chi connectivity index (χ2v) is 4.96. The Morgan fingerprint density at radius 3 is 2.89 bits per heavy atom. The van der Waals surface area contributed by atoms with Crippen molar-refractivity contribution < 1.29 is 14.4 Å². The predicted octanol–water partition coefficient (Wildman–Crippen LogP) is 1.03. The second kappa shape index (κ2) is 5.75. The Morgan fingerprint density at radius 2 is 2.26 bits per heavy atom. The molecule has 7 heteroatoms. The van der Waals surface area contributed by atoms with E-state index in [1.165, 1.54) is 6.21 Å². The molecule has 0 bridgehead atoms. The van der Waals surface area contributed by atoms with Gasteiger partial charge in [-0.05, 0) is 18.4 Å². The van der Waals surface area contributed by atoms with Gasteiger partial charge in [-0.2, -0.15) is 0 Å². The SMILES string of the molecule is CCN1C(=O)NC(=O)[C@H](C=NCc2cccs2)C1=O. The molecule has 6 nitrogen and oxygen atoms in total. The molecule has 2 heterocycles. The number of rotatable bonds is 4. The smallest absolute Gasteiger partial charge is 0.291 e. The number of hydrogen-bond acceptors (Lipinski definition) is 5. The summed E-state index contributed by atoms with van der Waals surface area (Å²) in [6.45, 7) is 2.33. The van der Waals surface area contributed by atoms with Gasteiger partial charge in [0.15, 0.2) is 5.92 Å². The third kappa shape index (κ3) is 2.87. The van der Waals surface area contributed by atoms with Gasteiger partial charge in [0.05, 0.1) is 6.54 Å². The summed E-state index contributed by atoms with van der Waals surface area (Å²) in [5, 5.41) is 4.07. The molecule has 0 radical (unpaired) electrons. The molecule has 1 N–H and O–H groups in total. The lowest BCUT2D eigenvalue weighted by molar-refractivity contribution is -0.139. The predicted molar refractivity (Wildman–Crippen MR) is 70.9 cm³/mol. The summed E-state index contributed by atoms with van der Waals surface area (Å²) in [5.74, 6) is -2.15. The first-order chi connectivity index (χ1) is 9.13. The summed E-state index contributed by atoms with van der Waals surface area (Å²) in [4.78, 5) is 41.1. The van der Waals surface area contributed by atoms with Crippen LogP contribution in [0.25, 0.3) is 0 Å². The van der Waals surface area contributed by atoms with Crippen LogP contribution in [-0.4, -0.2) is 35.5 Å². The number of amides is 4. The first kappa shape index (κ1) is 13.4. The van der Waals surface area contributed by atoms with E-state index < -0.39 is 23.8 Å². The van der Waals surface area contributed by atoms with Crippen LogP contribution in [0, 0.1) is 5.92 Å². The Hall–Kier alpha value is -2.02. The molecule has 4 amide bonds. The molecule has 19 heavy (non-hydrogen) atoms. The normalized spacial score (nSPS) is 20.2. The first-order valence-corrected chi connectivity index (χ1v) is 6.70. The van der Waals surface area contributed by atoms with Gasteiger partial charge in [-0.1, -0.05) is 6.07 Å². The van der Waals surface area contributed by atoms with Gasteiger partial charge in [0.25, 0.3) is 0 Å². The molecule has 0 unspecified atom stereocenters. The number of thiophene rings is 1. The number of barbiturate groups is 1. The van der Waals surface area contributed by atoms with Gasteiger partial charge >= 0.3 is 6.03 Å². The van der Waals surface area contributed by atoms with Crippen LogP contribution in [0.1, 0.15) is 11.8 Å². The average molecular weight is 279 g/mol. The van der Waals surface area contributed by atoms with Crippen molar-refractivity contribution in [3.63, 3.8) is 0 Å². The molecule has 1 atom stereocenters. The van der Waals surface area contributed by atoms with E-state index in [2.05, 4.69) is 10.3 Å². The van der Waals surface area contributed by atoms with Crippen LogP contribution in [0.5, 0.6) is 0 Å². The van der Waals surface area contributed by atoms with E-state index in [1.807, 2.05) is 17.5 Å². The highest BCUT2D eigenvalue weighted by Crippen LogP contribution is 2.11. The summed E-state index contributed by atoms with van der Waals surface area (Å²) in [6.07, 6.45) is 1.31. The van der Waals surface area contributed by atoms with Crippen molar-refractivity contribution in [1.82, 2.24) is 10.2 Å². The fraction of sp³-hybridized carbons (Fsp3) is 0.333. The van der Waals surface area contributed by atoms with E-state index in [1.54, 1.807) is 18.3 Å².